The highest BCUT2D eigenvalue weighted by Gasteiger charge is 2.29. The number of carbonyl (C=O) groups is 1. The van der Waals surface area contributed by atoms with Gasteiger partial charge in [-0.25, -0.2) is 0 Å². The van der Waals surface area contributed by atoms with E-state index in [0.717, 1.165) is 55.6 Å². The van der Waals surface area contributed by atoms with Crippen molar-refractivity contribution in [2.75, 3.05) is 19.6 Å². The molecular weight excluding hydrogens is 365 g/mol. The molecule has 6 nitrogen and oxygen atoms in total. The second-order valence-corrected chi connectivity index (χ2v) is 7.98. The Morgan fingerprint density at radius 2 is 1.97 bits per heavy atom. The predicted molar refractivity (Wildman–Crippen MR) is 114 cm³/mol. The fraction of sp³-hybridized carbons (Fsp3) is 0.409. The van der Waals surface area contributed by atoms with Gasteiger partial charge in [-0.05, 0) is 65.5 Å². The highest BCUT2D eigenvalue weighted by Crippen LogP contribution is 2.30. The van der Waals surface area contributed by atoms with Crippen LogP contribution in [-0.2, 0) is 19.5 Å². The third-order valence-corrected chi connectivity index (χ3v) is 6.27. The minimum absolute atomic E-state index is 0.0521. The lowest BCUT2D eigenvalue weighted by molar-refractivity contribution is 0.0711. The molecule has 29 heavy (non-hydrogen) atoms. The van der Waals surface area contributed by atoms with Gasteiger partial charge in [0.2, 0.25) is 0 Å². The van der Waals surface area contributed by atoms with Crippen molar-refractivity contribution < 1.29 is 14.8 Å². The third-order valence-electron chi connectivity index (χ3n) is 6.27. The Bertz CT molecular complexity index is 895. The van der Waals surface area contributed by atoms with E-state index < -0.39 is 7.12 Å². The van der Waals surface area contributed by atoms with Crippen LogP contribution in [0.15, 0.2) is 36.4 Å². The van der Waals surface area contributed by atoms with Gasteiger partial charge in [0.05, 0.1) is 0 Å². The van der Waals surface area contributed by atoms with Crippen LogP contribution >= 0.6 is 0 Å². The van der Waals surface area contributed by atoms with E-state index in [0.29, 0.717) is 30.0 Å². The molecule has 1 fully saturated rings. The molecule has 1 amide bonds. The lowest BCUT2D eigenvalue weighted by Crippen LogP contribution is -2.42. The molecule has 0 aromatic heterocycles. The first kappa shape index (κ1) is 20.1. The summed E-state index contributed by atoms with van der Waals surface area (Å²) in [6.45, 7) is 3.35. The van der Waals surface area contributed by atoms with Crippen molar-refractivity contribution in [2.45, 2.75) is 38.3 Å². The van der Waals surface area contributed by atoms with Crippen LogP contribution in [0, 0.1) is 0 Å². The van der Waals surface area contributed by atoms with Crippen molar-refractivity contribution in [2.24, 2.45) is 5.73 Å². The topological polar surface area (TPSA) is 98.8 Å². The van der Waals surface area contributed by atoms with E-state index in [1.165, 1.54) is 5.56 Å². The fourth-order valence-corrected chi connectivity index (χ4v) is 4.63. The summed E-state index contributed by atoms with van der Waals surface area (Å²) in [5.74, 6) is 0.506. The first-order valence-electron chi connectivity index (χ1n) is 10.4. The largest absolute Gasteiger partial charge is 0.488 e. The number of nitrogens with zero attached hydrogens (tertiary/aromatic N) is 1. The molecule has 0 unspecified atom stereocenters. The molecule has 1 saturated heterocycles. The van der Waals surface area contributed by atoms with Gasteiger partial charge in [0, 0.05) is 31.7 Å². The van der Waals surface area contributed by atoms with E-state index in [9.17, 15) is 14.8 Å². The van der Waals surface area contributed by atoms with Crippen molar-refractivity contribution in [3.63, 3.8) is 0 Å². The number of benzene rings is 2. The maximum atomic E-state index is 13.3. The molecule has 4 rings (SSSR count). The van der Waals surface area contributed by atoms with Crippen molar-refractivity contribution in [3.8, 4) is 0 Å². The van der Waals surface area contributed by atoms with E-state index in [2.05, 4.69) is 23.5 Å². The molecule has 0 aliphatic carbocycles. The number of hydrogen-bond acceptors (Lipinski definition) is 5. The van der Waals surface area contributed by atoms with Crippen LogP contribution in [0.1, 0.15) is 51.4 Å². The lowest BCUT2D eigenvalue weighted by atomic mass is 9.73. The molecular formula is C22H28BN3O3. The standard InChI is InChI=1S/C22H28BN3O3/c24-13-15-2-1-3-17(12-15)16-7-10-26(11-8-16)22(27)19-4-5-21(23(28)29)20-14-25-9-6-18(19)20/h1-5,12,16,25,28-29H,6-11,13-14,24H2. The predicted octanol–water partition coefficient (Wildman–Crippen LogP) is 0.491. The summed E-state index contributed by atoms with van der Waals surface area (Å²) >= 11 is 0. The van der Waals surface area contributed by atoms with Crippen LogP contribution in [-0.4, -0.2) is 47.6 Å². The second-order valence-electron chi connectivity index (χ2n) is 7.98. The minimum atomic E-state index is -1.52. The van der Waals surface area contributed by atoms with Gasteiger partial charge in [-0.15, -0.1) is 0 Å². The average Bonchev–Trinajstić information content (AvgIpc) is 2.78. The highest BCUT2D eigenvalue weighted by molar-refractivity contribution is 6.59. The number of piperidine rings is 1. The zero-order valence-corrected chi connectivity index (χ0v) is 16.6. The van der Waals surface area contributed by atoms with Crippen molar-refractivity contribution in [3.05, 3.63) is 64.2 Å². The fourth-order valence-electron chi connectivity index (χ4n) is 4.63. The Balaban J connectivity index is 1.50. The minimum Gasteiger partial charge on any atom is -0.423 e. The highest BCUT2D eigenvalue weighted by atomic mass is 16.4. The summed E-state index contributed by atoms with van der Waals surface area (Å²) in [6, 6.07) is 11.9. The van der Waals surface area contributed by atoms with Crippen LogP contribution in [0.25, 0.3) is 0 Å². The quantitative estimate of drug-likeness (QED) is 0.567. The van der Waals surface area contributed by atoms with Crippen LogP contribution in [0.2, 0.25) is 0 Å². The summed E-state index contributed by atoms with van der Waals surface area (Å²) in [5.41, 5.74) is 11.2. The van der Waals surface area contributed by atoms with Gasteiger partial charge >= 0.3 is 7.12 Å². The molecule has 7 heteroatoms. The third kappa shape index (κ3) is 4.09. The molecule has 5 N–H and O–H groups in total. The molecule has 152 valence electrons. The molecule has 2 heterocycles. The zero-order chi connectivity index (χ0) is 20.4. The van der Waals surface area contributed by atoms with Gasteiger partial charge in [-0.3, -0.25) is 4.79 Å². The van der Waals surface area contributed by atoms with Gasteiger partial charge in [0.1, 0.15) is 0 Å². The summed E-state index contributed by atoms with van der Waals surface area (Å²) < 4.78 is 0. The number of hydrogen-bond donors (Lipinski definition) is 4. The Hall–Kier alpha value is -2.19. The number of nitrogens with two attached hydrogens (primary N) is 1. The van der Waals surface area contributed by atoms with Gasteiger partial charge in [0.15, 0.2) is 0 Å². The monoisotopic (exact) mass is 393 g/mol. The van der Waals surface area contributed by atoms with Crippen LogP contribution in [0.4, 0.5) is 0 Å². The first-order chi connectivity index (χ1) is 14.1. The lowest BCUT2D eigenvalue weighted by Gasteiger charge is -2.33. The van der Waals surface area contributed by atoms with E-state index in [-0.39, 0.29) is 5.91 Å². The van der Waals surface area contributed by atoms with Crippen LogP contribution in [0.5, 0.6) is 0 Å². The summed E-state index contributed by atoms with van der Waals surface area (Å²) in [5, 5.41) is 22.6. The first-order valence-corrected chi connectivity index (χ1v) is 10.4. The summed E-state index contributed by atoms with van der Waals surface area (Å²) in [4.78, 5) is 15.2. The summed E-state index contributed by atoms with van der Waals surface area (Å²) in [7, 11) is -1.52. The molecule has 0 spiro atoms. The van der Waals surface area contributed by atoms with Gasteiger partial charge in [-0.1, -0.05) is 30.3 Å². The Morgan fingerprint density at radius 3 is 2.69 bits per heavy atom. The molecule has 2 aromatic carbocycles. The maximum Gasteiger partial charge on any atom is 0.488 e. The molecule has 2 aliphatic heterocycles. The van der Waals surface area contributed by atoms with E-state index in [1.807, 2.05) is 11.0 Å². The Kier molecular flexibility index (Phi) is 6.01. The maximum absolute atomic E-state index is 13.3. The smallest absolute Gasteiger partial charge is 0.423 e. The molecule has 0 bridgehead atoms. The zero-order valence-electron chi connectivity index (χ0n) is 16.6. The molecule has 0 atom stereocenters. The van der Waals surface area contributed by atoms with Crippen molar-refractivity contribution >= 4 is 18.5 Å². The number of carbonyl (C=O) groups excluding carboxylic acids is 1. The number of likely N-dealkylation sites (tertiary alicyclic amines) is 1. The molecule has 2 aromatic rings. The molecule has 0 saturated carbocycles. The Labute approximate surface area is 171 Å². The molecule has 0 radical (unpaired) electrons. The SMILES string of the molecule is NCc1cccc(C2CCN(C(=O)c3ccc(B(O)O)c4c3CCNC4)CC2)c1. The molecule has 2 aliphatic rings. The van der Waals surface area contributed by atoms with E-state index in [1.54, 1.807) is 12.1 Å². The Morgan fingerprint density at radius 1 is 1.17 bits per heavy atom. The van der Waals surface area contributed by atoms with Crippen molar-refractivity contribution in [1.82, 2.24) is 10.2 Å². The van der Waals surface area contributed by atoms with Crippen molar-refractivity contribution in [1.29, 1.82) is 0 Å². The van der Waals surface area contributed by atoms with Crippen LogP contribution < -0.4 is 16.5 Å². The number of nitrogens with one attached hydrogen (secondary N) is 1. The van der Waals surface area contributed by atoms with Gasteiger partial charge in [-0.2, -0.15) is 0 Å². The van der Waals surface area contributed by atoms with Gasteiger partial charge in [0.25, 0.3) is 5.91 Å². The normalized spacial score (nSPS) is 17.1. The van der Waals surface area contributed by atoms with E-state index >= 15 is 0 Å². The van der Waals surface area contributed by atoms with Gasteiger partial charge < -0.3 is 26.0 Å². The van der Waals surface area contributed by atoms with E-state index in [4.69, 9.17) is 5.73 Å². The summed E-state index contributed by atoms with van der Waals surface area (Å²) in [6.07, 6.45) is 2.60. The number of fused-ring (bicyclic) bond motifs is 1. The number of rotatable bonds is 4. The average molecular weight is 393 g/mol. The second kappa shape index (κ2) is 8.67. The number of amides is 1. The van der Waals surface area contributed by atoms with Crippen LogP contribution in [0.3, 0.4) is 0 Å².